The van der Waals surface area contributed by atoms with Crippen molar-refractivity contribution in [2.45, 2.75) is 13.5 Å². The first-order chi connectivity index (χ1) is 9.10. The molecule has 0 unspecified atom stereocenters. The zero-order valence-electron chi connectivity index (χ0n) is 10.5. The average Bonchev–Trinajstić information content (AvgIpc) is 2.39. The summed E-state index contributed by atoms with van der Waals surface area (Å²) in [7, 11) is 0. The summed E-state index contributed by atoms with van der Waals surface area (Å²) in [5.74, 6) is -0.271. The third-order valence-electron chi connectivity index (χ3n) is 2.89. The maximum Gasteiger partial charge on any atom is 0.125 e. The molecule has 19 heavy (non-hydrogen) atoms. The Bertz CT molecular complexity index is 574. The van der Waals surface area contributed by atoms with Crippen LogP contribution in [0.1, 0.15) is 12.5 Å². The number of rotatable bonds is 4. The van der Waals surface area contributed by atoms with Gasteiger partial charge >= 0.3 is 0 Å². The van der Waals surface area contributed by atoms with Crippen molar-refractivity contribution in [3.05, 3.63) is 63.3 Å². The monoisotopic (exact) mass is 341 g/mol. The molecule has 0 bridgehead atoms. The van der Waals surface area contributed by atoms with Crippen LogP contribution in [0.5, 0.6) is 0 Å². The van der Waals surface area contributed by atoms with E-state index in [1.54, 1.807) is 6.07 Å². The second-order valence-corrected chi connectivity index (χ2v) is 5.56. The molecule has 1 nitrogen and oxygen atoms in total. The van der Waals surface area contributed by atoms with Gasteiger partial charge in [-0.1, -0.05) is 39.7 Å². The molecule has 0 atom stereocenters. The molecule has 0 amide bonds. The minimum Gasteiger partial charge on any atom is -0.366 e. The Balaban J connectivity index is 2.27. The van der Waals surface area contributed by atoms with Gasteiger partial charge < -0.3 is 4.90 Å². The summed E-state index contributed by atoms with van der Waals surface area (Å²) in [5.41, 5.74) is 1.88. The summed E-state index contributed by atoms with van der Waals surface area (Å²) in [6.45, 7) is 3.48. The lowest BCUT2D eigenvalue weighted by Crippen LogP contribution is -2.22. The van der Waals surface area contributed by atoms with Crippen molar-refractivity contribution >= 4 is 33.2 Å². The van der Waals surface area contributed by atoms with E-state index in [0.717, 1.165) is 22.3 Å². The van der Waals surface area contributed by atoms with Crippen molar-refractivity contribution in [1.29, 1.82) is 0 Å². The van der Waals surface area contributed by atoms with Crippen LogP contribution in [0.25, 0.3) is 0 Å². The third-order valence-corrected chi connectivity index (χ3v) is 3.71. The van der Waals surface area contributed by atoms with Crippen LogP contribution in [0.3, 0.4) is 0 Å². The molecule has 0 saturated heterocycles. The minimum absolute atomic E-state index is 0.271. The molecule has 0 aromatic heterocycles. The molecule has 100 valence electrons. The van der Waals surface area contributed by atoms with Gasteiger partial charge in [0.25, 0.3) is 0 Å². The fourth-order valence-electron chi connectivity index (χ4n) is 1.95. The topological polar surface area (TPSA) is 3.24 Å². The second kappa shape index (κ2) is 6.40. The van der Waals surface area contributed by atoms with Gasteiger partial charge in [-0.15, -0.1) is 0 Å². The number of hydrogen-bond acceptors (Lipinski definition) is 1. The van der Waals surface area contributed by atoms with Crippen LogP contribution in [-0.4, -0.2) is 6.54 Å². The van der Waals surface area contributed by atoms with Crippen LogP contribution in [0.4, 0.5) is 10.1 Å². The normalized spacial score (nSPS) is 10.5. The standard InChI is InChI=1S/C15H14BrClFN/c1-2-19(10-11-4-3-5-12(16)8-11)15-9-13(18)6-7-14(15)17/h3-9H,2,10H2,1H3. The van der Waals surface area contributed by atoms with Crippen LogP contribution < -0.4 is 4.90 Å². The van der Waals surface area contributed by atoms with Gasteiger partial charge in [0.15, 0.2) is 0 Å². The summed E-state index contributed by atoms with van der Waals surface area (Å²) < 4.78 is 14.4. The molecule has 0 saturated carbocycles. The van der Waals surface area contributed by atoms with Gasteiger partial charge in [0, 0.05) is 17.6 Å². The van der Waals surface area contributed by atoms with E-state index in [9.17, 15) is 4.39 Å². The maximum absolute atomic E-state index is 13.4. The van der Waals surface area contributed by atoms with E-state index in [2.05, 4.69) is 22.0 Å². The van der Waals surface area contributed by atoms with E-state index in [1.807, 2.05) is 30.0 Å². The lowest BCUT2D eigenvalue weighted by Gasteiger charge is -2.24. The van der Waals surface area contributed by atoms with Gasteiger partial charge in [-0.2, -0.15) is 0 Å². The summed E-state index contributed by atoms with van der Waals surface area (Å²) in [4.78, 5) is 2.05. The van der Waals surface area contributed by atoms with Gasteiger partial charge in [0.1, 0.15) is 5.82 Å². The Morgan fingerprint density at radius 1 is 1.21 bits per heavy atom. The van der Waals surface area contributed by atoms with Crippen LogP contribution >= 0.6 is 27.5 Å². The third kappa shape index (κ3) is 3.71. The summed E-state index contributed by atoms with van der Waals surface area (Å²) in [5, 5.41) is 0.568. The lowest BCUT2D eigenvalue weighted by molar-refractivity contribution is 0.626. The molecule has 0 fully saturated rings. The Morgan fingerprint density at radius 3 is 2.68 bits per heavy atom. The van der Waals surface area contributed by atoms with Gasteiger partial charge in [-0.3, -0.25) is 0 Å². The Hall–Kier alpha value is -1.06. The molecule has 0 N–H and O–H groups in total. The van der Waals surface area contributed by atoms with Gasteiger partial charge in [0.05, 0.1) is 10.7 Å². The highest BCUT2D eigenvalue weighted by atomic mass is 79.9. The predicted molar refractivity (Wildman–Crippen MR) is 82.3 cm³/mol. The first kappa shape index (κ1) is 14.4. The van der Waals surface area contributed by atoms with E-state index in [0.29, 0.717) is 11.6 Å². The van der Waals surface area contributed by atoms with E-state index in [4.69, 9.17) is 11.6 Å². The second-order valence-electron chi connectivity index (χ2n) is 4.24. The molecule has 0 aliphatic rings. The van der Waals surface area contributed by atoms with Crippen LogP contribution in [0, 0.1) is 5.82 Å². The molecule has 0 spiro atoms. The number of nitrogens with zero attached hydrogens (tertiary/aromatic N) is 1. The molecular formula is C15H14BrClFN. The summed E-state index contributed by atoms with van der Waals surface area (Å²) in [6, 6.07) is 12.5. The molecular weight excluding hydrogens is 329 g/mol. The van der Waals surface area contributed by atoms with Crippen molar-refractivity contribution in [2.24, 2.45) is 0 Å². The summed E-state index contributed by atoms with van der Waals surface area (Å²) >= 11 is 9.60. The maximum atomic E-state index is 13.4. The molecule has 4 heteroatoms. The smallest absolute Gasteiger partial charge is 0.125 e. The van der Waals surface area contributed by atoms with Crippen LogP contribution in [-0.2, 0) is 6.54 Å². The quantitative estimate of drug-likeness (QED) is 0.732. The molecule has 2 aromatic carbocycles. The van der Waals surface area contributed by atoms with E-state index < -0.39 is 0 Å². The van der Waals surface area contributed by atoms with Gasteiger partial charge in [-0.25, -0.2) is 4.39 Å². The van der Waals surface area contributed by atoms with Crippen LogP contribution in [0.15, 0.2) is 46.9 Å². The van der Waals surface area contributed by atoms with Crippen molar-refractivity contribution in [1.82, 2.24) is 0 Å². The van der Waals surface area contributed by atoms with Crippen molar-refractivity contribution < 1.29 is 4.39 Å². The van der Waals surface area contributed by atoms with Crippen molar-refractivity contribution in [3.8, 4) is 0 Å². The number of halogens is 3. The van der Waals surface area contributed by atoms with E-state index in [1.165, 1.54) is 12.1 Å². The zero-order valence-corrected chi connectivity index (χ0v) is 12.9. The predicted octanol–water partition coefficient (Wildman–Crippen LogP) is 5.27. The minimum atomic E-state index is -0.271. The molecule has 0 radical (unpaired) electrons. The Morgan fingerprint density at radius 2 is 2.00 bits per heavy atom. The Labute approximate surface area is 126 Å². The first-order valence-corrected chi connectivity index (χ1v) is 7.21. The zero-order chi connectivity index (χ0) is 13.8. The van der Waals surface area contributed by atoms with E-state index in [-0.39, 0.29) is 5.82 Å². The van der Waals surface area contributed by atoms with Crippen LogP contribution in [0.2, 0.25) is 5.02 Å². The Kier molecular flexibility index (Phi) is 4.83. The molecule has 2 aromatic rings. The largest absolute Gasteiger partial charge is 0.366 e. The molecule has 2 rings (SSSR count). The van der Waals surface area contributed by atoms with Gasteiger partial charge in [0.2, 0.25) is 0 Å². The van der Waals surface area contributed by atoms with Gasteiger partial charge in [-0.05, 0) is 42.8 Å². The fraction of sp³-hybridized carbons (Fsp3) is 0.200. The molecule has 0 heterocycles. The number of benzene rings is 2. The highest BCUT2D eigenvalue weighted by molar-refractivity contribution is 9.10. The average molecular weight is 343 g/mol. The highest BCUT2D eigenvalue weighted by Crippen LogP contribution is 2.28. The fourth-order valence-corrected chi connectivity index (χ4v) is 2.63. The number of anilines is 1. The van der Waals surface area contributed by atoms with Crippen molar-refractivity contribution in [3.63, 3.8) is 0 Å². The highest BCUT2D eigenvalue weighted by Gasteiger charge is 2.10. The lowest BCUT2D eigenvalue weighted by atomic mass is 10.2. The summed E-state index contributed by atoms with van der Waals surface area (Å²) in [6.07, 6.45) is 0. The molecule has 0 aliphatic heterocycles. The number of hydrogen-bond donors (Lipinski definition) is 0. The van der Waals surface area contributed by atoms with E-state index >= 15 is 0 Å². The first-order valence-electron chi connectivity index (χ1n) is 6.04. The molecule has 0 aliphatic carbocycles. The SMILES string of the molecule is CCN(Cc1cccc(Br)c1)c1cc(F)ccc1Cl. The van der Waals surface area contributed by atoms with Crippen molar-refractivity contribution in [2.75, 3.05) is 11.4 Å².